The fourth-order valence-corrected chi connectivity index (χ4v) is 5.79. The molecule has 0 spiro atoms. The van der Waals surface area contributed by atoms with Gasteiger partial charge in [0.2, 0.25) is 0 Å². The Hall–Kier alpha value is -2.43. The zero-order valence-corrected chi connectivity index (χ0v) is 17.2. The second kappa shape index (κ2) is 7.36. The molecule has 0 saturated carbocycles. The van der Waals surface area contributed by atoms with E-state index in [-0.39, 0.29) is 11.8 Å². The van der Waals surface area contributed by atoms with Crippen molar-refractivity contribution in [3.8, 4) is 0 Å². The number of anilines is 2. The SMILES string of the molecule is NC1CN(c2cc(N3CCS(O)(O)c4ccccc4C3)nc3ccncc23)CC1O. The van der Waals surface area contributed by atoms with E-state index in [2.05, 4.69) is 14.8 Å². The lowest BCUT2D eigenvalue weighted by Crippen LogP contribution is -2.32. The van der Waals surface area contributed by atoms with Gasteiger partial charge in [0.05, 0.1) is 28.0 Å². The Morgan fingerprint density at radius 3 is 2.73 bits per heavy atom. The minimum absolute atomic E-state index is 0.253. The van der Waals surface area contributed by atoms with E-state index in [1.807, 2.05) is 30.3 Å². The van der Waals surface area contributed by atoms with Gasteiger partial charge in [0, 0.05) is 56.1 Å². The normalized spacial score (nSPS) is 24.5. The Kier molecular flexibility index (Phi) is 4.79. The van der Waals surface area contributed by atoms with Crippen LogP contribution in [-0.4, -0.2) is 61.7 Å². The van der Waals surface area contributed by atoms with Crippen LogP contribution in [0.15, 0.2) is 53.7 Å². The highest BCUT2D eigenvalue weighted by Crippen LogP contribution is 2.51. The molecule has 2 aliphatic heterocycles. The lowest BCUT2D eigenvalue weighted by molar-refractivity contribution is 0.180. The molecule has 30 heavy (non-hydrogen) atoms. The average molecular weight is 428 g/mol. The number of pyridine rings is 2. The van der Waals surface area contributed by atoms with Crippen LogP contribution in [0.5, 0.6) is 0 Å². The second-order valence-electron chi connectivity index (χ2n) is 7.93. The van der Waals surface area contributed by atoms with Crippen molar-refractivity contribution in [2.75, 3.05) is 35.2 Å². The molecule has 2 unspecified atom stereocenters. The maximum Gasteiger partial charge on any atom is 0.131 e. The van der Waals surface area contributed by atoms with Crippen molar-refractivity contribution in [1.29, 1.82) is 0 Å². The highest BCUT2D eigenvalue weighted by Gasteiger charge is 2.31. The van der Waals surface area contributed by atoms with Gasteiger partial charge in [-0.2, -0.15) is 10.6 Å². The second-order valence-corrected chi connectivity index (χ2v) is 10.1. The molecule has 1 saturated heterocycles. The Labute approximate surface area is 176 Å². The largest absolute Gasteiger partial charge is 0.390 e. The maximum atomic E-state index is 10.7. The van der Waals surface area contributed by atoms with E-state index in [9.17, 15) is 14.2 Å². The molecule has 0 radical (unpaired) electrons. The van der Waals surface area contributed by atoms with Gasteiger partial charge in [0.1, 0.15) is 5.82 Å². The van der Waals surface area contributed by atoms with E-state index in [4.69, 9.17) is 10.7 Å². The summed E-state index contributed by atoms with van der Waals surface area (Å²) in [6, 6.07) is 11.0. The summed E-state index contributed by atoms with van der Waals surface area (Å²) in [4.78, 5) is 13.9. The molecule has 1 fully saturated rings. The highest BCUT2D eigenvalue weighted by atomic mass is 32.3. The van der Waals surface area contributed by atoms with Crippen molar-refractivity contribution in [3.05, 3.63) is 54.4 Å². The summed E-state index contributed by atoms with van der Waals surface area (Å²) in [6.07, 6.45) is 2.92. The van der Waals surface area contributed by atoms with Crippen LogP contribution in [0.4, 0.5) is 11.5 Å². The molecule has 0 aliphatic carbocycles. The lowest BCUT2D eigenvalue weighted by Gasteiger charge is -2.32. The van der Waals surface area contributed by atoms with Crippen molar-refractivity contribution in [2.24, 2.45) is 5.73 Å². The van der Waals surface area contributed by atoms with Gasteiger partial charge in [0.25, 0.3) is 0 Å². The van der Waals surface area contributed by atoms with E-state index in [0.29, 0.717) is 31.1 Å². The first-order chi connectivity index (χ1) is 14.4. The van der Waals surface area contributed by atoms with Crippen molar-refractivity contribution < 1.29 is 14.2 Å². The molecule has 2 aromatic heterocycles. The third-order valence-corrected chi connectivity index (χ3v) is 7.76. The minimum atomic E-state index is -2.84. The zero-order chi connectivity index (χ0) is 20.9. The summed E-state index contributed by atoms with van der Waals surface area (Å²) in [5.74, 6) is 1.01. The molecule has 8 nitrogen and oxygen atoms in total. The van der Waals surface area contributed by atoms with Crippen LogP contribution in [0.2, 0.25) is 0 Å². The molecule has 158 valence electrons. The molecule has 2 aliphatic rings. The van der Waals surface area contributed by atoms with Gasteiger partial charge in [-0.3, -0.25) is 14.1 Å². The fraction of sp³-hybridized carbons (Fsp3) is 0.333. The Balaban J connectivity index is 1.58. The summed E-state index contributed by atoms with van der Waals surface area (Å²) >= 11 is 0. The molecule has 0 bridgehead atoms. The summed E-state index contributed by atoms with van der Waals surface area (Å²) in [6.45, 7) is 2.02. The van der Waals surface area contributed by atoms with Crippen LogP contribution in [-0.2, 0) is 6.54 Å². The number of aliphatic hydroxyl groups is 1. The van der Waals surface area contributed by atoms with E-state index in [1.54, 1.807) is 18.5 Å². The molecular weight excluding hydrogens is 402 g/mol. The van der Waals surface area contributed by atoms with Gasteiger partial charge < -0.3 is 20.6 Å². The predicted molar refractivity (Wildman–Crippen MR) is 119 cm³/mol. The van der Waals surface area contributed by atoms with E-state index < -0.39 is 16.7 Å². The van der Waals surface area contributed by atoms with Crippen molar-refractivity contribution in [3.63, 3.8) is 0 Å². The average Bonchev–Trinajstić information content (AvgIpc) is 3.01. The van der Waals surface area contributed by atoms with Crippen LogP contribution >= 0.6 is 10.6 Å². The van der Waals surface area contributed by atoms with E-state index in [1.165, 1.54) is 0 Å². The number of hydrogen-bond acceptors (Lipinski definition) is 8. The molecule has 5 rings (SSSR count). The summed E-state index contributed by atoms with van der Waals surface area (Å²) < 4.78 is 21.3. The number of aromatic nitrogens is 2. The Morgan fingerprint density at radius 2 is 1.93 bits per heavy atom. The third kappa shape index (κ3) is 3.38. The fourth-order valence-electron chi connectivity index (χ4n) is 4.25. The number of aliphatic hydroxyl groups excluding tert-OH is 1. The monoisotopic (exact) mass is 427 g/mol. The van der Waals surface area contributed by atoms with Crippen LogP contribution in [0.3, 0.4) is 0 Å². The number of nitrogens with zero attached hydrogens (tertiary/aromatic N) is 4. The number of rotatable bonds is 2. The molecular formula is C21H25N5O3S. The summed E-state index contributed by atoms with van der Waals surface area (Å²) in [5, 5.41) is 11.1. The van der Waals surface area contributed by atoms with Gasteiger partial charge in [-0.25, -0.2) is 4.98 Å². The number of hydrogen-bond donors (Lipinski definition) is 4. The first-order valence-corrected chi connectivity index (χ1v) is 11.7. The molecule has 0 amide bonds. The summed E-state index contributed by atoms with van der Waals surface area (Å²) in [5.41, 5.74) is 8.68. The molecule has 5 N–H and O–H groups in total. The van der Waals surface area contributed by atoms with Crippen molar-refractivity contribution >= 4 is 33.0 Å². The van der Waals surface area contributed by atoms with Crippen molar-refractivity contribution in [2.45, 2.75) is 23.6 Å². The predicted octanol–water partition coefficient (Wildman–Crippen LogP) is 2.27. The smallest absolute Gasteiger partial charge is 0.131 e. The molecule has 9 heteroatoms. The van der Waals surface area contributed by atoms with E-state index in [0.717, 1.165) is 28.0 Å². The molecule has 4 heterocycles. The van der Waals surface area contributed by atoms with Crippen LogP contribution in [0, 0.1) is 0 Å². The third-order valence-electron chi connectivity index (χ3n) is 5.90. The zero-order valence-electron chi connectivity index (χ0n) is 16.4. The van der Waals surface area contributed by atoms with Gasteiger partial charge in [-0.15, -0.1) is 0 Å². The minimum Gasteiger partial charge on any atom is -0.390 e. The number of fused-ring (bicyclic) bond motifs is 2. The molecule has 1 aromatic carbocycles. The van der Waals surface area contributed by atoms with Crippen molar-refractivity contribution in [1.82, 2.24) is 9.97 Å². The molecule has 2 atom stereocenters. The van der Waals surface area contributed by atoms with Gasteiger partial charge in [-0.05, 0) is 17.7 Å². The Morgan fingerprint density at radius 1 is 1.10 bits per heavy atom. The van der Waals surface area contributed by atoms with Crippen LogP contribution < -0.4 is 15.5 Å². The first-order valence-electron chi connectivity index (χ1n) is 9.94. The maximum absolute atomic E-state index is 10.7. The number of β-amino-alcohol motifs (C(OH)–C–C–N with tert-alkyl or cyclic N) is 1. The van der Waals surface area contributed by atoms with Crippen LogP contribution in [0.1, 0.15) is 5.56 Å². The quantitative estimate of drug-likeness (QED) is 0.492. The highest BCUT2D eigenvalue weighted by molar-refractivity contribution is 8.24. The van der Waals surface area contributed by atoms with Crippen LogP contribution in [0.25, 0.3) is 10.9 Å². The Bertz CT molecular complexity index is 1090. The van der Waals surface area contributed by atoms with Gasteiger partial charge >= 0.3 is 0 Å². The topological polar surface area (TPSA) is 119 Å². The lowest BCUT2D eigenvalue weighted by atomic mass is 10.2. The van der Waals surface area contributed by atoms with Gasteiger partial charge in [0.15, 0.2) is 0 Å². The summed E-state index contributed by atoms with van der Waals surface area (Å²) in [7, 11) is -2.84. The van der Waals surface area contributed by atoms with Gasteiger partial charge in [-0.1, -0.05) is 18.2 Å². The first kappa shape index (κ1) is 19.5. The molecule has 3 aromatic rings. The number of benzene rings is 1. The number of nitrogens with two attached hydrogens (primary N) is 1. The van der Waals surface area contributed by atoms with E-state index >= 15 is 0 Å². The standard InChI is InChI=1S/C21H25N5O3S/c22-16-12-26(13-19(16)27)18-9-21(24-17-5-6-23-10-15(17)18)25-7-8-30(28,29)20-4-2-1-3-14(20)11-25/h1-6,9-10,16,19,27-29H,7-8,11-13,22H2.